The van der Waals surface area contributed by atoms with Gasteiger partial charge < -0.3 is 0 Å². The van der Waals surface area contributed by atoms with E-state index >= 15 is 0 Å². The maximum Gasteiger partial charge on any atom is -0.00702 e. The molecule has 0 nitrogen and oxygen atoms in total. The number of hydrogen-bond acceptors (Lipinski definition) is 0. The molecule has 0 radical (unpaired) electrons. The molecule has 3 aliphatic rings. The standard InChI is InChI=1S/C18H18.C18H16/c2*1-11-7-13-3-5-15-9-12(2)10-16-6-4-14(8-11)17(13)18(15)16/h7-10H,3-6H2,1-2H3;3,5,7-10H,4,6H2,1-2H3. The fourth-order valence-corrected chi connectivity index (χ4v) is 7.35. The number of rotatable bonds is 0. The summed E-state index contributed by atoms with van der Waals surface area (Å²) in [6.45, 7) is 8.86. The van der Waals surface area contributed by atoms with E-state index in [0.717, 1.165) is 0 Å². The highest BCUT2D eigenvalue weighted by Crippen LogP contribution is 2.43. The summed E-state index contributed by atoms with van der Waals surface area (Å²) in [5, 5.41) is 5.81. The molecule has 0 saturated carbocycles. The lowest BCUT2D eigenvalue weighted by molar-refractivity contribution is 0.871. The molecule has 5 aromatic carbocycles. The third-order valence-electron chi connectivity index (χ3n) is 8.62. The van der Waals surface area contributed by atoms with Crippen LogP contribution < -0.4 is 0 Å². The van der Waals surface area contributed by atoms with Crippen molar-refractivity contribution in [3.05, 3.63) is 116 Å². The van der Waals surface area contributed by atoms with Crippen molar-refractivity contribution in [1.82, 2.24) is 0 Å². The summed E-state index contributed by atoms with van der Waals surface area (Å²) in [7, 11) is 0. The van der Waals surface area contributed by atoms with Crippen molar-refractivity contribution in [3.63, 3.8) is 0 Å². The molecule has 0 amide bonds. The topological polar surface area (TPSA) is 0 Å². The lowest BCUT2D eigenvalue weighted by Crippen LogP contribution is -2.14. The molecule has 36 heavy (non-hydrogen) atoms. The third-order valence-corrected chi connectivity index (χ3v) is 8.62. The van der Waals surface area contributed by atoms with Gasteiger partial charge in [0.2, 0.25) is 0 Å². The van der Waals surface area contributed by atoms with E-state index in [1.165, 1.54) is 93.5 Å². The second kappa shape index (κ2) is 8.07. The van der Waals surface area contributed by atoms with Gasteiger partial charge in [-0.3, -0.25) is 0 Å². The molecule has 0 aromatic heterocycles. The summed E-state index contributed by atoms with van der Waals surface area (Å²) in [5.41, 5.74) is 18.2. The van der Waals surface area contributed by atoms with E-state index in [9.17, 15) is 0 Å². The molecular formula is C36H34. The molecule has 0 atom stereocenters. The minimum Gasteiger partial charge on any atom is -0.0555 e. The Bertz CT molecular complexity index is 1530. The van der Waals surface area contributed by atoms with E-state index in [1.807, 2.05) is 0 Å². The van der Waals surface area contributed by atoms with Crippen LogP contribution in [0.4, 0.5) is 0 Å². The highest BCUT2D eigenvalue weighted by Gasteiger charge is 2.25. The highest BCUT2D eigenvalue weighted by molar-refractivity contribution is 6.12. The Morgan fingerprint density at radius 3 is 1.00 bits per heavy atom. The maximum atomic E-state index is 2.40. The van der Waals surface area contributed by atoms with Gasteiger partial charge in [-0.1, -0.05) is 82.9 Å². The normalized spacial score (nSPS) is 14.6. The van der Waals surface area contributed by atoms with Crippen molar-refractivity contribution >= 4 is 21.5 Å². The zero-order chi connectivity index (χ0) is 24.6. The van der Waals surface area contributed by atoms with E-state index in [-0.39, 0.29) is 0 Å². The van der Waals surface area contributed by atoms with Gasteiger partial charge >= 0.3 is 0 Å². The zero-order valence-corrected chi connectivity index (χ0v) is 22.0. The van der Waals surface area contributed by atoms with Crippen LogP contribution in [0.2, 0.25) is 0 Å². The molecule has 178 valence electrons. The molecule has 0 spiro atoms. The van der Waals surface area contributed by atoms with Crippen LogP contribution in [0.1, 0.15) is 55.6 Å². The first-order chi connectivity index (χ1) is 17.4. The van der Waals surface area contributed by atoms with Gasteiger partial charge in [0, 0.05) is 0 Å². The molecule has 0 unspecified atom stereocenters. The summed E-state index contributed by atoms with van der Waals surface area (Å²) in [5.74, 6) is 0. The van der Waals surface area contributed by atoms with Gasteiger partial charge in [-0.05, 0) is 132 Å². The second-order valence-electron chi connectivity index (χ2n) is 11.5. The van der Waals surface area contributed by atoms with E-state index in [1.54, 1.807) is 33.4 Å². The highest BCUT2D eigenvalue weighted by atomic mass is 14.3. The van der Waals surface area contributed by atoms with Gasteiger partial charge in [0.25, 0.3) is 0 Å². The quantitative estimate of drug-likeness (QED) is 0.200. The summed E-state index contributed by atoms with van der Waals surface area (Å²) in [4.78, 5) is 0. The van der Waals surface area contributed by atoms with Crippen molar-refractivity contribution in [1.29, 1.82) is 0 Å². The first-order valence-electron chi connectivity index (χ1n) is 13.7. The third kappa shape index (κ3) is 3.42. The van der Waals surface area contributed by atoms with Crippen molar-refractivity contribution < 1.29 is 0 Å². The zero-order valence-electron chi connectivity index (χ0n) is 22.0. The van der Waals surface area contributed by atoms with Gasteiger partial charge in [-0.25, -0.2) is 0 Å². The molecular weight excluding hydrogens is 432 g/mol. The first kappa shape index (κ1) is 21.9. The summed E-state index contributed by atoms with van der Waals surface area (Å²) in [6.07, 6.45) is 7.26. The Hall–Kier alpha value is -3.38. The lowest BCUT2D eigenvalue weighted by atomic mass is 9.74. The predicted octanol–water partition coefficient (Wildman–Crippen LogP) is 8.88. The molecule has 0 aliphatic heterocycles. The summed E-state index contributed by atoms with van der Waals surface area (Å²) in [6, 6.07) is 23.5. The van der Waals surface area contributed by atoms with Crippen LogP contribution in [0.3, 0.4) is 0 Å². The lowest BCUT2D eigenvalue weighted by Gasteiger charge is -2.30. The van der Waals surface area contributed by atoms with Gasteiger partial charge in [-0.2, -0.15) is 0 Å². The molecule has 0 heterocycles. The van der Waals surface area contributed by atoms with E-state index in [2.05, 4.69) is 88.4 Å². The van der Waals surface area contributed by atoms with Crippen LogP contribution in [-0.4, -0.2) is 0 Å². The maximum absolute atomic E-state index is 2.40. The van der Waals surface area contributed by atoms with Crippen molar-refractivity contribution in [2.75, 3.05) is 0 Å². The van der Waals surface area contributed by atoms with Gasteiger partial charge in [0.1, 0.15) is 0 Å². The van der Waals surface area contributed by atoms with Gasteiger partial charge in [-0.15, -0.1) is 0 Å². The predicted molar refractivity (Wildman–Crippen MR) is 155 cm³/mol. The van der Waals surface area contributed by atoms with Crippen molar-refractivity contribution in [2.45, 2.75) is 66.2 Å². The molecule has 3 aliphatic carbocycles. The van der Waals surface area contributed by atoms with Crippen LogP contribution in [-0.2, 0) is 38.5 Å². The summed E-state index contributed by atoms with van der Waals surface area (Å²) >= 11 is 0. The molecule has 0 fully saturated rings. The van der Waals surface area contributed by atoms with Crippen LogP contribution in [0, 0.1) is 27.7 Å². The van der Waals surface area contributed by atoms with Gasteiger partial charge in [0.15, 0.2) is 0 Å². The Morgan fingerprint density at radius 1 is 0.361 bits per heavy atom. The molecule has 0 saturated heterocycles. The first-order valence-corrected chi connectivity index (χ1v) is 13.7. The fraction of sp³-hybridized carbons (Fsp3) is 0.278. The molecule has 0 bridgehead atoms. The fourth-order valence-electron chi connectivity index (χ4n) is 7.35. The number of benzene rings is 5. The van der Waals surface area contributed by atoms with Gasteiger partial charge in [0.05, 0.1) is 0 Å². The van der Waals surface area contributed by atoms with E-state index < -0.39 is 0 Å². The second-order valence-corrected chi connectivity index (χ2v) is 11.5. The monoisotopic (exact) mass is 466 g/mol. The van der Waals surface area contributed by atoms with Crippen molar-refractivity contribution in [2.24, 2.45) is 0 Å². The Labute approximate surface area is 215 Å². The minimum absolute atomic E-state index is 1.19. The summed E-state index contributed by atoms with van der Waals surface area (Å²) < 4.78 is 0. The Kier molecular flexibility index (Phi) is 4.90. The molecule has 0 heteroatoms. The van der Waals surface area contributed by atoms with Crippen LogP contribution in [0.25, 0.3) is 32.7 Å². The van der Waals surface area contributed by atoms with Crippen LogP contribution >= 0.6 is 0 Å². The molecule has 5 aromatic rings. The van der Waals surface area contributed by atoms with E-state index in [0.29, 0.717) is 0 Å². The molecule has 0 N–H and O–H groups in total. The van der Waals surface area contributed by atoms with E-state index in [4.69, 9.17) is 0 Å². The molecule has 8 rings (SSSR count). The smallest absolute Gasteiger partial charge is 0.00702 e. The SMILES string of the molecule is Cc1cc2c3c(c1)CCc1cc(C)cc(c1-3)CC2.Cc1cc2c3c(ccc4cc(C)cc(c43)CC2)c1. The van der Waals surface area contributed by atoms with Crippen molar-refractivity contribution in [3.8, 4) is 11.1 Å². The average Bonchev–Trinajstić information content (AvgIpc) is 2.85. The Morgan fingerprint density at radius 2 is 0.639 bits per heavy atom. The number of hydrogen-bond donors (Lipinski definition) is 0. The van der Waals surface area contributed by atoms with Crippen LogP contribution in [0.15, 0.2) is 60.7 Å². The number of aryl methyl sites for hydroxylation is 10. The minimum atomic E-state index is 1.19. The average molecular weight is 467 g/mol. The van der Waals surface area contributed by atoms with Crippen LogP contribution in [0.5, 0.6) is 0 Å². The Balaban J connectivity index is 0.000000122. The largest absolute Gasteiger partial charge is 0.0555 e.